The monoisotopic (exact) mass is 225 g/mol. The molecule has 4 heteroatoms. The molecule has 0 heterocycles. The van der Waals surface area contributed by atoms with Crippen molar-refractivity contribution in [3.05, 3.63) is 29.8 Å². The number of benzene rings is 1. The van der Waals surface area contributed by atoms with Crippen LogP contribution in [-0.4, -0.2) is 53.1 Å². The van der Waals surface area contributed by atoms with Gasteiger partial charge in [-0.2, -0.15) is 0 Å². The third-order valence-electron chi connectivity index (χ3n) is 2.52. The lowest BCUT2D eigenvalue weighted by molar-refractivity contribution is 0.162. The fourth-order valence-corrected chi connectivity index (χ4v) is 1.62. The van der Waals surface area contributed by atoms with Crippen LogP contribution in [0.1, 0.15) is 5.56 Å². The summed E-state index contributed by atoms with van der Waals surface area (Å²) in [4.78, 5) is 1.96. The van der Waals surface area contributed by atoms with Gasteiger partial charge in [-0.3, -0.25) is 4.90 Å². The largest absolute Gasteiger partial charge is 0.508 e. The zero-order valence-electron chi connectivity index (χ0n) is 9.34. The van der Waals surface area contributed by atoms with E-state index in [4.69, 9.17) is 10.2 Å². The molecule has 0 aromatic heterocycles. The Morgan fingerprint density at radius 3 is 2.12 bits per heavy atom. The van der Waals surface area contributed by atoms with Gasteiger partial charge in [-0.25, -0.2) is 0 Å². The van der Waals surface area contributed by atoms with Gasteiger partial charge in [-0.05, 0) is 18.1 Å². The second kappa shape index (κ2) is 7.22. The van der Waals surface area contributed by atoms with Crippen molar-refractivity contribution >= 4 is 0 Å². The molecule has 0 unspecified atom stereocenters. The predicted molar refractivity (Wildman–Crippen MR) is 62.4 cm³/mol. The number of nitrogens with zero attached hydrogens (tertiary/aromatic N) is 1. The number of aromatic hydroxyl groups is 1. The number of phenolic OH excluding ortho intramolecular Hbond substituents is 1. The Kier molecular flexibility index (Phi) is 5.85. The Balaban J connectivity index is 2.45. The van der Waals surface area contributed by atoms with E-state index in [2.05, 4.69) is 0 Å². The zero-order valence-corrected chi connectivity index (χ0v) is 9.34. The summed E-state index contributed by atoms with van der Waals surface area (Å²) in [7, 11) is 0. The van der Waals surface area contributed by atoms with E-state index in [1.165, 1.54) is 0 Å². The third-order valence-corrected chi connectivity index (χ3v) is 2.52. The number of para-hydroxylation sites is 1. The van der Waals surface area contributed by atoms with Gasteiger partial charge in [-0.15, -0.1) is 0 Å². The van der Waals surface area contributed by atoms with Crippen LogP contribution >= 0.6 is 0 Å². The minimum absolute atomic E-state index is 0.0841. The van der Waals surface area contributed by atoms with Crippen LogP contribution in [0, 0.1) is 0 Å². The van der Waals surface area contributed by atoms with Crippen molar-refractivity contribution in [3.63, 3.8) is 0 Å². The molecule has 0 aliphatic rings. The molecule has 0 fully saturated rings. The minimum atomic E-state index is 0.0841. The van der Waals surface area contributed by atoms with E-state index in [0.717, 1.165) is 12.1 Å². The lowest BCUT2D eigenvalue weighted by atomic mass is 10.1. The first-order chi connectivity index (χ1) is 7.77. The second-order valence-electron chi connectivity index (χ2n) is 3.67. The molecule has 4 nitrogen and oxygen atoms in total. The first kappa shape index (κ1) is 13.0. The quantitative estimate of drug-likeness (QED) is 0.621. The molecule has 0 saturated heterocycles. The number of rotatable bonds is 7. The maximum Gasteiger partial charge on any atom is 0.118 e. The molecule has 0 saturated carbocycles. The molecule has 90 valence electrons. The van der Waals surface area contributed by atoms with E-state index in [-0.39, 0.29) is 13.2 Å². The number of phenols is 1. The van der Waals surface area contributed by atoms with Gasteiger partial charge in [0, 0.05) is 19.6 Å². The van der Waals surface area contributed by atoms with Gasteiger partial charge in [0.15, 0.2) is 0 Å². The summed E-state index contributed by atoms with van der Waals surface area (Å²) in [5.74, 6) is 0.301. The Labute approximate surface area is 95.8 Å². The molecule has 0 spiro atoms. The highest BCUT2D eigenvalue weighted by Gasteiger charge is 2.05. The average Bonchev–Trinajstić information content (AvgIpc) is 2.28. The smallest absolute Gasteiger partial charge is 0.118 e. The third kappa shape index (κ3) is 4.18. The van der Waals surface area contributed by atoms with Crippen LogP contribution in [0.3, 0.4) is 0 Å². The maximum absolute atomic E-state index is 9.57. The van der Waals surface area contributed by atoms with Crippen LogP contribution in [0.5, 0.6) is 5.75 Å². The highest BCUT2D eigenvalue weighted by Crippen LogP contribution is 2.16. The molecule has 1 rings (SSSR count). The van der Waals surface area contributed by atoms with Crippen LogP contribution in [0.15, 0.2) is 24.3 Å². The summed E-state index contributed by atoms with van der Waals surface area (Å²) < 4.78 is 0. The molecule has 1 aromatic rings. The normalized spacial score (nSPS) is 10.9. The SMILES string of the molecule is OCCN(CCO)CCc1ccccc1O. The van der Waals surface area contributed by atoms with Crippen molar-refractivity contribution in [2.24, 2.45) is 0 Å². The van der Waals surface area contributed by atoms with Gasteiger partial charge >= 0.3 is 0 Å². The lowest BCUT2D eigenvalue weighted by Gasteiger charge is -2.20. The van der Waals surface area contributed by atoms with E-state index in [1.807, 2.05) is 17.0 Å². The summed E-state index contributed by atoms with van der Waals surface area (Å²) in [6.07, 6.45) is 0.715. The van der Waals surface area contributed by atoms with E-state index < -0.39 is 0 Å². The standard InChI is InChI=1S/C12H19NO3/c14-9-7-13(8-10-15)6-5-11-3-1-2-4-12(11)16/h1-4,14-16H,5-10H2. The highest BCUT2D eigenvalue weighted by atomic mass is 16.3. The number of aliphatic hydroxyl groups excluding tert-OH is 2. The maximum atomic E-state index is 9.57. The molecule has 3 N–H and O–H groups in total. The van der Waals surface area contributed by atoms with Crippen LogP contribution in [0.4, 0.5) is 0 Å². The molecule has 0 aliphatic heterocycles. The predicted octanol–water partition coefficient (Wildman–Crippen LogP) is 0.221. The number of aliphatic hydroxyl groups is 2. The van der Waals surface area contributed by atoms with Gasteiger partial charge in [0.1, 0.15) is 5.75 Å². The van der Waals surface area contributed by atoms with Crippen LogP contribution in [0.2, 0.25) is 0 Å². The summed E-state index contributed by atoms with van der Waals surface area (Å²) in [6, 6.07) is 7.22. The van der Waals surface area contributed by atoms with E-state index >= 15 is 0 Å². The zero-order chi connectivity index (χ0) is 11.8. The Bertz CT molecular complexity index is 298. The second-order valence-corrected chi connectivity index (χ2v) is 3.67. The topological polar surface area (TPSA) is 63.9 Å². The summed E-state index contributed by atoms with van der Waals surface area (Å²) in [5, 5.41) is 27.3. The van der Waals surface area contributed by atoms with E-state index in [1.54, 1.807) is 12.1 Å². The van der Waals surface area contributed by atoms with Crippen LogP contribution in [-0.2, 0) is 6.42 Å². The fraction of sp³-hybridized carbons (Fsp3) is 0.500. The van der Waals surface area contributed by atoms with Gasteiger partial charge in [0.2, 0.25) is 0 Å². The average molecular weight is 225 g/mol. The molecule has 16 heavy (non-hydrogen) atoms. The molecule has 0 bridgehead atoms. The molecule has 0 atom stereocenters. The van der Waals surface area contributed by atoms with Gasteiger partial charge in [-0.1, -0.05) is 18.2 Å². The fourth-order valence-electron chi connectivity index (χ4n) is 1.62. The number of hydrogen-bond acceptors (Lipinski definition) is 4. The molecule has 1 aromatic carbocycles. The first-order valence-electron chi connectivity index (χ1n) is 5.49. The van der Waals surface area contributed by atoms with E-state index in [9.17, 15) is 5.11 Å². The van der Waals surface area contributed by atoms with Gasteiger partial charge in [0.05, 0.1) is 13.2 Å². The van der Waals surface area contributed by atoms with Crippen molar-refractivity contribution < 1.29 is 15.3 Å². The van der Waals surface area contributed by atoms with Crippen molar-refractivity contribution in [2.75, 3.05) is 32.8 Å². The first-order valence-corrected chi connectivity index (χ1v) is 5.49. The Hall–Kier alpha value is -1.10. The molecule has 0 aliphatic carbocycles. The number of hydrogen-bond donors (Lipinski definition) is 3. The van der Waals surface area contributed by atoms with Crippen molar-refractivity contribution in [1.29, 1.82) is 0 Å². The van der Waals surface area contributed by atoms with Crippen LogP contribution < -0.4 is 0 Å². The van der Waals surface area contributed by atoms with Gasteiger partial charge in [0.25, 0.3) is 0 Å². The van der Waals surface area contributed by atoms with Crippen LogP contribution in [0.25, 0.3) is 0 Å². The summed E-state index contributed by atoms with van der Waals surface area (Å²) in [6.45, 7) is 1.99. The Morgan fingerprint density at radius 2 is 1.56 bits per heavy atom. The van der Waals surface area contributed by atoms with E-state index in [0.29, 0.717) is 25.3 Å². The molecule has 0 radical (unpaired) electrons. The van der Waals surface area contributed by atoms with Gasteiger partial charge < -0.3 is 15.3 Å². The Morgan fingerprint density at radius 1 is 0.938 bits per heavy atom. The van der Waals surface area contributed by atoms with Crippen molar-refractivity contribution in [3.8, 4) is 5.75 Å². The molecule has 0 amide bonds. The molecular formula is C12H19NO3. The highest BCUT2D eigenvalue weighted by molar-refractivity contribution is 5.31. The molecular weight excluding hydrogens is 206 g/mol. The van der Waals surface area contributed by atoms with Crippen molar-refractivity contribution in [1.82, 2.24) is 4.90 Å². The summed E-state index contributed by atoms with van der Waals surface area (Å²) >= 11 is 0. The minimum Gasteiger partial charge on any atom is -0.508 e. The lowest BCUT2D eigenvalue weighted by Crippen LogP contribution is -2.31. The van der Waals surface area contributed by atoms with Crippen molar-refractivity contribution in [2.45, 2.75) is 6.42 Å². The summed E-state index contributed by atoms with van der Waals surface area (Å²) in [5.41, 5.74) is 0.892.